The Balaban J connectivity index is 2.30. The second-order valence-corrected chi connectivity index (χ2v) is 5.70. The van der Waals surface area contributed by atoms with E-state index in [0.717, 1.165) is 17.5 Å². The Morgan fingerprint density at radius 1 is 1.53 bits per heavy atom. The zero-order chi connectivity index (χ0) is 14.0. The Morgan fingerprint density at radius 3 is 2.95 bits per heavy atom. The highest BCUT2D eigenvalue weighted by atomic mass is 32.1. The number of anilines is 1. The van der Waals surface area contributed by atoms with Crippen LogP contribution in [0, 0.1) is 5.82 Å². The molecule has 0 aliphatic rings. The average molecular weight is 280 g/mol. The second kappa shape index (κ2) is 5.57. The van der Waals surface area contributed by atoms with E-state index in [2.05, 4.69) is 12.2 Å². The monoisotopic (exact) mass is 280 g/mol. The van der Waals surface area contributed by atoms with Gasteiger partial charge in [0.2, 0.25) is 0 Å². The number of nitrogens with one attached hydrogen (secondary N) is 1. The van der Waals surface area contributed by atoms with Crippen molar-refractivity contribution in [3.8, 4) is 0 Å². The van der Waals surface area contributed by atoms with Crippen molar-refractivity contribution in [1.82, 2.24) is 5.32 Å². The molecule has 102 valence electrons. The lowest BCUT2D eigenvalue weighted by molar-refractivity contribution is 0.0943. The summed E-state index contributed by atoms with van der Waals surface area (Å²) >= 11 is 1.30. The van der Waals surface area contributed by atoms with Gasteiger partial charge in [0, 0.05) is 16.1 Å². The van der Waals surface area contributed by atoms with E-state index in [0.29, 0.717) is 16.0 Å². The van der Waals surface area contributed by atoms with Crippen molar-refractivity contribution in [3.05, 3.63) is 28.9 Å². The Kier molecular flexibility index (Phi) is 4.04. The predicted octanol–water partition coefficient (Wildman–Crippen LogP) is 3.54. The van der Waals surface area contributed by atoms with Crippen LogP contribution in [0.5, 0.6) is 0 Å². The molecule has 1 atom stereocenters. The molecule has 1 amide bonds. The van der Waals surface area contributed by atoms with Gasteiger partial charge in [-0.05, 0) is 31.5 Å². The molecule has 1 unspecified atom stereocenters. The number of benzene rings is 1. The molecule has 0 saturated carbocycles. The third-order valence-corrected chi connectivity index (χ3v) is 4.18. The van der Waals surface area contributed by atoms with Crippen LogP contribution in [0.1, 0.15) is 36.4 Å². The highest BCUT2D eigenvalue weighted by Crippen LogP contribution is 2.34. The SMILES string of the molecule is CCCC(C)NC(=O)c1sc2ccc(F)cc2c1N. The maximum absolute atomic E-state index is 13.2. The van der Waals surface area contributed by atoms with Crippen LogP contribution < -0.4 is 11.1 Å². The largest absolute Gasteiger partial charge is 0.397 e. The molecule has 19 heavy (non-hydrogen) atoms. The summed E-state index contributed by atoms with van der Waals surface area (Å²) in [5, 5.41) is 3.52. The van der Waals surface area contributed by atoms with Crippen molar-refractivity contribution < 1.29 is 9.18 Å². The van der Waals surface area contributed by atoms with E-state index in [-0.39, 0.29) is 17.8 Å². The van der Waals surface area contributed by atoms with E-state index in [4.69, 9.17) is 5.73 Å². The molecule has 0 aliphatic carbocycles. The van der Waals surface area contributed by atoms with E-state index in [1.54, 1.807) is 6.07 Å². The van der Waals surface area contributed by atoms with Crippen LogP contribution in [0.15, 0.2) is 18.2 Å². The zero-order valence-electron chi connectivity index (χ0n) is 11.0. The molecule has 5 heteroatoms. The molecular formula is C14H17FN2OS. The van der Waals surface area contributed by atoms with Gasteiger partial charge in [-0.15, -0.1) is 11.3 Å². The smallest absolute Gasteiger partial charge is 0.263 e. The summed E-state index contributed by atoms with van der Waals surface area (Å²) in [7, 11) is 0. The number of hydrogen-bond acceptors (Lipinski definition) is 3. The summed E-state index contributed by atoms with van der Waals surface area (Å²) in [5.41, 5.74) is 6.30. The Labute approximate surface area is 115 Å². The summed E-state index contributed by atoms with van der Waals surface area (Å²) in [6.45, 7) is 4.03. The first-order valence-electron chi connectivity index (χ1n) is 6.31. The molecule has 3 nitrogen and oxygen atoms in total. The second-order valence-electron chi connectivity index (χ2n) is 4.65. The number of rotatable bonds is 4. The van der Waals surface area contributed by atoms with Crippen LogP contribution in [0.25, 0.3) is 10.1 Å². The van der Waals surface area contributed by atoms with Crippen molar-refractivity contribution in [1.29, 1.82) is 0 Å². The van der Waals surface area contributed by atoms with E-state index in [9.17, 15) is 9.18 Å². The first-order chi connectivity index (χ1) is 9.02. The number of amides is 1. The lowest BCUT2D eigenvalue weighted by Gasteiger charge is -2.11. The van der Waals surface area contributed by atoms with Gasteiger partial charge in [0.05, 0.1) is 5.69 Å². The Morgan fingerprint density at radius 2 is 2.26 bits per heavy atom. The lowest BCUT2D eigenvalue weighted by Crippen LogP contribution is -2.32. The van der Waals surface area contributed by atoms with Gasteiger partial charge in [-0.25, -0.2) is 4.39 Å². The van der Waals surface area contributed by atoms with Crippen LogP contribution >= 0.6 is 11.3 Å². The molecular weight excluding hydrogens is 263 g/mol. The Bertz CT molecular complexity index is 609. The number of thiophene rings is 1. The molecule has 3 N–H and O–H groups in total. The average Bonchev–Trinajstić information content (AvgIpc) is 2.67. The van der Waals surface area contributed by atoms with Crippen molar-refractivity contribution in [2.24, 2.45) is 0 Å². The summed E-state index contributed by atoms with van der Waals surface area (Å²) < 4.78 is 14.0. The van der Waals surface area contributed by atoms with Crippen LogP contribution in [-0.2, 0) is 0 Å². The first-order valence-corrected chi connectivity index (χ1v) is 7.13. The normalized spacial score (nSPS) is 12.6. The van der Waals surface area contributed by atoms with Gasteiger partial charge in [0.25, 0.3) is 5.91 Å². The molecule has 1 aromatic carbocycles. The molecule has 1 aromatic heterocycles. The fourth-order valence-corrected chi connectivity index (χ4v) is 3.06. The number of hydrogen-bond donors (Lipinski definition) is 2. The summed E-state index contributed by atoms with van der Waals surface area (Å²) in [6, 6.07) is 4.50. The third kappa shape index (κ3) is 2.87. The van der Waals surface area contributed by atoms with Gasteiger partial charge in [-0.1, -0.05) is 13.3 Å². The molecule has 0 spiro atoms. The van der Waals surface area contributed by atoms with Gasteiger partial charge in [0.15, 0.2) is 0 Å². The van der Waals surface area contributed by atoms with Gasteiger partial charge < -0.3 is 11.1 Å². The molecule has 0 radical (unpaired) electrons. The predicted molar refractivity (Wildman–Crippen MR) is 78.0 cm³/mol. The van der Waals surface area contributed by atoms with E-state index in [1.165, 1.54) is 23.5 Å². The summed E-state index contributed by atoms with van der Waals surface area (Å²) in [5.74, 6) is -0.525. The van der Waals surface area contributed by atoms with Crippen molar-refractivity contribution in [2.45, 2.75) is 32.7 Å². The molecule has 0 aliphatic heterocycles. The van der Waals surface area contributed by atoms with Crippen LogP contribution in [0.3, 0.4) is 0 Å². The highest BCUT2D eigenvalue weighted by molar-refractivity contribution is 7.21. The molecule has 0 saturated heterocycles. The number of carbonyl (C=O) groups excluding carboxylic acids is 1. The topological polar surface area (TPSA) is 55.1 Å². The molecule has 1 heterocycles. The standard InChI is InChI=1S/C14H17FN2OS/c1-3-4-8(2)17-14(18)13-12(16)10-7-9(15)5-6-11(10)19-13/h5-8H,3-4,16H2,1-2H3,(H,17,18). The maximum atomic E-state index is 13.2. The number of halogens is 1. The van der Waals surface area contributed by atoms with Crippen molar-refractivity contribution >= 4 is 33.0 Å². The highest BCUT2D eigenvalue weighted by Gasteiger charge is 2.18. The molecule has 0 bridgehead atoms. The Hall–Kier alpha value is -1.62. The van der Waals surface area contributed by atoms with Gasteiger partial charge >= 0.3 is 0 Å². The van der Waals surface area contributed by atoms with Gasteiger partial charge in [0.1, 0.15) is 10.7 Å². The minimum atomic E-state index is -0.344. The van der Waals surface area contributed by atoms with Crippen LogP contribution in [0.2, 0.25) is 0 Å². The van der Waals surface area contributed by atoms with Gasteiger partial charge in [-0.3, -0.25) is 4.79 Å². The van der Waals surface area contributed by atoms with Crippen LogP contribution in [-0.4, -0.2) is 11.9 Å². The fraction of sp³-hybridized carbons (Fsp3) is 0.357. The summed E-state index contributed by atoms with van der Waals surface area (Å²) in [4.78, 5) is 12.6. The van der Waals surface area contributed by atoms with E-state index >= 15 is 0 Å². The minimum absolute atomic E-state index is 0.110. The van der Waals surface area contributed by atoms with E-state index in [1.807, 2.05) is 6.92 Å². The zero-order valence-corrected chi connectivity index (χ0v) is 11.8. The molecule has 2 rings (SSSR count). The number of carbonyl (C=O) groups is 1. The van der Waals surface area contributed by atoms with Crippen LogP contribution in [0.4, 0.5) is 10.1 Å². The van der Waals surface area contributed by atoms with Crippen molar-refractivity contribution in [3.63, 3.8) is 0 Å². The number of nitrogen functional groups attached to an aromatic ring is 1. The van der Waals surface area contributed by atoms with Gasteiger partial charge in [-0.2, -0.15) is 0 Å². The molecule has 2 aromatic rings. The first kappa shape index (κ1) is 13.8. The lowest BCUT2D eigenvalue weighted by atomic mass is 10.2. The maximum Gasteiger partial charge on any atom is 0.263 e. The summed E-state index contributed by atoms with van der Waals surface area (Å²) in [6.07, 6.45) is 1.93. The van der Waals surface area contributed by atoms with E-state index < -0.39 is 0 Å². The molecule has 0 fully saturated rings. The van der Waals surface area contributed by atoms with Crippen molar-refractivity contribution in [2.75, 3.05) is 5.73 Å². The minimum Gasteiger partial charge on any atom is -0.397 e. The number of nitrogens with two attached hydrogens (primary N) is 1. The fourth-order valence-electron chi connectivity index (χ4n) is 2.05. The quantitative estimate of drug-likeness (QED) is 0.900. The third-order valence-electron chi connectivity index (χ3n) is 2.99. The number of fused-ring (bicyclic) bond motifs is 1.